The van der Waals surface area contributed by atoms with E-state index in [0.717, 1.165) is 0 Å². The van der Waals surface area contributed by atoms with Crippen molar-refractivity contribution in [2.45, 2.75) is 26.3 Å². The first-order valence-corrected chi connectivity index (χ1v) is 6.16. The fourth-order valence-electron chi connectivity index (χ4n) is 1.63. The molecule has 4 nitrogen and oxygen atoms in total. The molecule has 0 heterocycles. The molecule has 0 spiro atoms. The van der Waals surface area contributed by atoms with Gasteiger partial charge in [0.25, 0.3) is 0 Å². The molecule has 1 rings (SSSR count). The molecule has 104 valence electrons. The van der Waals surface area contributed by atoms with Crippen LogP contribution in [-0.2, 0) is 16.0 Å². The molecule has 1 aromatic rings. The molecule has 0 radical (unpaired) electrons. The van der Waals surface area contributed by atoms with Crippen LogP contribution in [0.1, 0.15) is 19.4 Å². The van der Waals surface area contributed by atoms with Gasteiger partial charge in [0.15, 0.2) is 0 Å². The summed E-state index contributed by atoms with van der Waals surface area (Å²) < 4.78 is 13.0. The van der Waals surface area contributed by atoms with Crippen molar-refractivity contribution in [3.63, 3.8) is 0 Å². The van der Waals surface area contributed by atoms with E-state index >= 15 is 0 Å². The van der Waals surface area contributed by atoms with E-state index in [1.54, 1.807) is 19.2 Å². The van der Waals surface area contributed by atoms with Gasteiger partial charge in [-0.15, -0.1) is 0 Å². The van der Waals surface area contributed by atoms with Crippen LogP contribution >= 0.6 is 0 Å². The van der Waals surface area contributed by atoms with E-state index in [1.807, 2.05) is 13.8 Å². The molecule has 0 aliphatic rings. The minimum Gasteiger partial charge on any atom is -0.352 e. The third kappa shape index (κ3) is 5.50. The number of benzene rings is 1. The molecule has 1 aromatic carbocycles. The van der Waals surface area contributed by atoms with Gasteiger partial charge in [-0.3, -0.25) is 9.59 Å². The number of carbonyl (C=O) groups excluding carboxylic acids is 2. The summed E-state index contributed by atoms with van der Waals surface area (Å²) >= 11 is 0. The highest BCUT2D eigenvalue weighted by Crippen LogP contribution is 2.05. The number of hydrogen-bond donors (Lipinski definition) is 1. The fourth-order valence-corrected chi connectivity index (χ4v) is 1.63. The van der Waals surface area contributed by atoms with E-state index in [4.69, 9.17) is 0 Å². The van der Waals surface area contributed by atoms with Crippen molar-refractivity contribution in [1.82, 2.24) is 10.2 Å². The second kappa shape index (κ2) is 6.87. The molecule has 0 aromatic heterocycles. The topological polar surface area (TPSA) is 49.4 Å². The Bertz CT molecular complexity index is 461. The second-order valence-corrected chi connectivity index (χ2v) is 4.78. The Morgan fingerprint density at radius 1 is 1.37 bits per heavy atom. The minimum atomic E-state index is -0.370. The van der Waals surface area contributed by atoms with Gasteiger partial charge in [0.05, 0.1) is 13.0 Å². The van der Waals surface area contributed by atoms with E-state index in [0.29, 0.717) is 5.56 Å². The fraction of sp³-hybridized carbons (Fsp3) is 0.429. The Balaban J connectivity index is 2.51. The van der Waals surface area contributed by atoms with Crippen LogP contribution in [0.5, 0.6) is 0 Å². The molecule has 19 heavy (non-hydrogen) atoms. The molecule has 2 amide bonds. The largest absolute Gasteiger partial charge is 0.352 e. The van der Waals surface area contributed by atoms with Gasteiger partial charge < -0.3 is 10.2 Å². The highest BCUT2D eigenvalue weighted by Gasteiger charge is 2.14. The number of likely N-dealkylation sites (N-methyl/N-ethyl adjacent to an activating group) is 1. The second-order valence-electron chi connectivity index (χ2n) is 4.78. The van der Waals surface area contributed by atoms with Gasteiger partial charge in [-0.1, -0.05) is 12.1 Å². The molecule has 0 bridgehead atoms. The number of hydrogen-bond acceptors (Lipinski definition) is 2. The zero-order valence-corrected chi connectivity index (χ0v) is 11.4. The van der Waals surface area contributed by atoms with E-state index in [1.165, 1.54) is 17.0 Å². The van der Waals surface area contributed by atoms with Crippen LogP contribution in [0.2, 0.25) is 0 Å². The van der Waals surface area contributed by atoms with Gasteiger partial charge in [0, 0.05) is 13.1 Å². The summed E-state index contributed by atoms with van der Waals surface area (Å²) in [6.07, 6.45) is 0.0865. The summed E-state index contributed by atoms with van der Waals surface area (Å²) in [5.74, 6) is -0.792. The van der Waals surface area contributed by atoms with Crippen LogP contribution in [0.4, 0.5) is 4.39 Å². The lowest BCUT2D eigenvalue weighted by molar-refractivity contribution is -0.134. The quantitative estimate of drug-likeness (QED) is 0.874. The number of nitrogens with zero attached hydrogens (tertiary/aromatic N) is 1. The molecule has 0 fully saturated rings. The average Bonchev–Trinajstić information content (AvgIpc) is 2.27. The average molecular weight is 266 g/mol. The first-order valence-electron chi connectivity index (χ1n) is 6.16. The molecule has 0 saturated heterocycles. The Hall–Kier alpha value is -1.91. The number of nitrogens with one attached hydrogen (secondary N) is 1. The van der Waals surface area contributed by atoms with Crippen molar-refractivity contribution in [2.24, 2.45) is 0 Å². The van der Waals surface area contributed by atoms with Crippen molar-refractivity contribution in [3.05, 3.63) is 35.6 Å². The normalized spacial score (nSPS) is 10.4. The zero-order valence-electron chi connectivity index (χ0n) is 11.4. The maximum absolute atomic E-state index is 13.0. The lowest BCUT2D eigenvalue weighted by atomic mass is 10.1. The zero-order chi connectivity index (χ0) is 14.4. The third-order valence-corrected chi connectivity index (χ3v) is 2.50. The number of rotatable bonds is 5. The highest BCUT2D eigenvalue weighted by molar-refractivity contribution is 5.85. The van der Waals surface area contributed by atoms with Crippen molar-refractivity contribution >= 4 is 11.8 Å². The number of amides is 2. The predicted octanol–water partition coefficient (Wildman–Crippen LogP) is 1.35. The number of carbonyl (C=O) groups is 2. The van der Waals surface area contributed by atoms with Crippen molar-refractivity contribution in [1.29, 1.82) is 0 Å². The Morgan fingerprint density at radius 3 is 2.63 bits per heavy atom. The Morgan fingerprint density at radius 2 is 2.05 bits per heavy atom. The number of halogens is 1. The van der Waals surface area contributed by atoms with E-state index in [-0.39, 0.29) is 36.6 Å². The lowest BCUT2D eigenvalue weighted by Crippen LogP contribution is -2.41. The Labute approximate surface area is 112 Å². The summed E-state index contributed by atoms with van der Waals surface area (Å²) in [6, 6.07) is 5.93. The third-order valence-electron chi connectivity index (χ3n) is 2.50. The van der Waals surface area contributed by atoms with Crippen LogP contribution < -0.4 is 5.32 Å². The minimum absolute atomic E-state index is 0.00628. The molecule has 0 saturated carbocycles. The van der Waals surface area contributed by atoms with Crippen molar-refractivity contribution in [3.8, 4) is 0 Å². The maximum atomic E-state index is 13.0. The summed E-state index contributed by atoms with van der Waals surface area (Å²) in [4.78, 5) is 24.7. The van der Waals surface area contributed by atoms with E-state index in [2.05, 4.69) is 5.32 Å². The Kier molecular flexibility index (Phi) is 5.48. The maximum Gasteiger partial charge on any atom is 0.239 e. The van der Waals surface area contributed by atoms with Gasteiger partial charge in [0.1, 0.15) is 5.82 Å². The van der Waals surface area contributed by atoms with Gasteiger partial charge in [-0.05, 0) is 31.5 Å². The summed E-state index contributed by atoms with van der Waals surface area (Å²) in [6.45, 7) is 3.71. The lowest BCUT2D eigenvalue weighted by Gasteiger charge is -2.18. The SMILES string of the molecule is CC(C)NC(=O)CN(C)C(=O)Cc1cccc(F)c1. The van der Waals surface area contributed by atoms with Crippen LogP contribution in [0, 0.1) is 5.82 Å². The van der Waals surface area contributed by atoms with E-state index in [9.17, 15) is 14.0 Å². The van der Waals surface area contributed by atoms with Gasteiger partial charge >= 0.3 is 0 Å². The van der Waals surface area contributed by atoms with Crippen molar-refractivity contribution in [2.75, 3.05) is 13.6 Å². The molecule has 1 N–H and O–H groups in total. The molecular weight excluding hydrogens is 247 g/mol. The van der Waals surface area contributed by atoms with E-state index < -0.39 is 0 Å². The standard InChI is InChI=1S/C14H19FN2O2/c1-10(2)16-13(18)9-17(3)14(19)8-11-5-4-6-12(15)7-11/h4-7,10H,8-9H2,1-3H3,(H,16,18). The molecule has 5 heteroatoms. The first kappa shape index (κ1) is 15.1. The van der Waals surface area contributed by atoms with Crippen LogP contribution in [-0.4, -0.2) is 36.3 Å². The van der Waals surface area contributed by atoms with Crippen LogP contribution in [0.3, 0.4) is 0 Å². The molecule has 0 atom stereocenters. The summed E-state index contributed by atoms with van der Waals surface area (Å²) in [5.41, 5.74) is 0.598. The van der Waals surface area contributed by atoms with Gasteiger partial charge in [0.2, 0.25) is 11.8 Å². The van der Waals surface area contributed by atoms with Crippen LogP contribution in [0.15, 0.2) is 24.3 Å². The van der Waals surface area contributed by atoms with Gasteiger partial charge in [-0.2, -0.15) is 0 Å². The van der Waals surface area contributed by atoms with Gasteiger partial charge in [-0.25, -0.2) is 4.39 Å². The highest BCUT2D eigenvalue weighted by atomic mass is 19.1. The monoisotopic (exact) mass is 266 g/mol. The molecule has 0 aliphatic heterocycles. The summed E-state index contributed by atoms with van der Waals surface area (Å²) in [7, 11) is 1.56. The molecule has 0 aliphatic carbocycles. The molecule has 0 unspecified atom stereocenters. The predicted molar refractivity (Wildman–Crippen MR) is 71.0 cm³/mol. The van der Waals surface area contributed by atoms with Crippen LogP contribution in [0.25, 0.3) is 0 Å². The van der Waals surface area contributed by atoms with Crippen molar-refractivity contribution < 1.29 is 14.0 Å². The summed E-state index contributed by atoms with van der Waals surface area (Å²) in [5, 5.41) is 2.71. The smallest absolute Gasteiger partial charge is 0.239 e. The first-order chi connectivity index (χ1) is 8.88. The molecular formula is C14H19FN2O2.